The van der Waals surface area contributed by atoms with Crippen molar-refractivity contribution in [3.8, 4) is 16.9 Å². The zero-order chi connectivity index (χ0) is 20.5. The van der Waals surface area contributed by atoms with Gasteiger partial charge in [-0.1, -0.05) is 25.1 Å². The molecule has 1 unspecified atom stereocenters. The molecule has 1 aliphatic rings. The van der Waals surface area contributed by atoms with E-state index in [0.717, 1.165) is 48.0 Å². The van der Waals surface area contributed by atoms with Crippen molar-refractivity contribution in [3.63, 3.8) is 0 Å². The summed E-state index contributed by atoms with van der Waals surface area (Å²) in [6.45, 7) is 4.09. The highest BCUT2D eigenvalue weighted by Gasteiger charge is 2.30. The summed E-state index contributed by atoms with van der Waals surface area (Å²) < 4.78 is 0. The third-order valence-electron chi connectivity index (χ3n) is 5.81. The number of fused-ring (bicyclic) bond motifs is 1. The van der Waals surface area contributed by atoms with Gasteiger partial charge in [0.2, 0.25) is 0 Å². The van der Waals surface area contributed by atoms with Crippen LogP contribution in [-0.2, 0) is 0 Å². The Morgan fingerprint density at radius 1 is 1.21 bits per heavy atom. The molecule has 0 amide bonds. The maximum atomic E-state index is 12.0. The Morgan fingerprint density at radius 2 is 1.93 bits per heavy atom. The number of phenolic OH excluding ortho intramolecular Hbond substituents is 1. The van der Waals surface area contributed by atoms with Gasteiger partial charge in [-0.3, -0.25) is 9.88 Å². The SMILES string of the molecule is CCN1CCCC1N(C)c1c(C(=O)O)cnc2ccc(-c3ccc(O)cc3)cc12. The minimum Gasteiger partial charge on any atom is -0.508 e. The van der Waals surface area contributed by atoms with Crippen molar-refractivity contribution >= 4 is 22.6 Å². The van der Waals surface area contributed by atoms with E-state index in [2.05, 4.69) is 21.7 Å². The number of benzene rings is 2. The second-order valence-corrected chi connectivity index (χ2v) is 7.47. The van der Waals surface area contributed by atoms with Crippen LogP contribution in [0.1, 0.15) is 30.1 Å². The van der Waals surface area contributed by atoms with E-state index >= 15 is 0 Å². The number of anilines is 1. The van der Waals surface area contributed by atoms with Gasteiger partial charge in [0.25, 0.3) is 0 Å². The zero-order valence-corrected chi connectivity index (χ0v) is 16.7. The molecule has 0 bridgehead atoms. The van der Waals surface area contributed by atoms with E-state index in [1.54, 1.807) is 12.1 Å². The molecular formula is C23H25N3O3. The first-order valence-corrected chi connectivity index (χ1v) is 9.92. The van der Waals surface area contributed by atoms with Gasteiger partial charge in [-0.2, -0.15) is 0 Å². The average molecular weight is 391 g/mol. The molecule has 1 saturated heterocycles. The van der Waals surface area contributed by atoms with Gasteiger partial charge >= 0.3 is 5.97 Å². The number of carboxylic acid groups (broad SMARTS) is 1. The number of carbonyl (C=O) groups is 1. The topological polar surface area (TPSA) is 76.9 Å². The van der Waals surface area contributed by atoms with Gasteiger partial charge in [0.05, 0.1) is 17.4 Å². The highest BCUT2D eigenvalue weighted by molar-refractivity contribution is 6.05. The first kappa shape index (κ1) is 19.2. The fourth-order valence-electron chi connectivity index (χ4n) is 4.31. The van der Waals surface area contributed by atoms with Gasteiger partial charge in [-0.15, -0.1) is 0 Å². The molecule has 2 N–H and O–H groups in total. The van der Waals surface area contributed by atoms with Crippen LogP contribution in [0, 0.1) is 0 Å². The summed E-state index contributed by atoms with van der Waals surface area (Å²) in [5, 5.41) is 20.2. The summed E-state index contributed by atoms with van der Waals surface area (Å²) in [6.07, 6.45) is 3.74. The summed E-state index contributed by atoms with van der Waals surface area (Å²) in [7, 11) is 1.98. The minimum atomic E-state index is -0.975. The Bertz CT molecular complexity index is 1050. The molecule has 29 heavy (non-hydrogen) atoms. The van der Waals surface area contributed by atoms with Gasteiger partial charge < -0.3 is 15.1 Å². The van der Waals surface area contributed by atoms with E-state index in [0.29, 0.717) is 5.69 Å². The molecule has 1 aliphatic heterocycles. The van der Waals surface area contributed by atoms with E-state index in [4.69, 9.17) is 0 Å². The third-order valence-corrected chi connectivity index (χ3v) is 5.81. The molecule has 6 nitrogen and oxygen atoms in total. The molecule has 6 heteroatoms. The summed E-state index contributed by atoms with van der Waals surface area (Å²) in [5.41, 5.74) is 3.59. The number of aromatic hydroxyl groups is 1. The molecule has 2 aromatic carbocycles. The normalized spacial score (nSPS) is 17.0. The molecular weight excluding hydrogens is 366 g/mol. The fourth-order valence-corrected chi connectivity index (χ4v) is 4.31. The lowest BCUT2D eigenvalue weighted by Gasteiger charge is -2.34. The van der Waals surface area contributed by atoms with Crippen LogP contribution in [0.25, 0.3) is 22.0 Å². The average Bonchev–Trinajstić information content (AvgIpc) is 3.21. The summed E-state index contributed by atoms with van der Waals surface area (Å²) in [6, 6.07) is 12.9. The number of nitrogens with zero attached hydrogens (tertiary/aromatic N) is 3. The predicted molar refractivity (Wildman–Crippen MR) is 114 cm³/mol. The monoisotopic (exact) mass is 391 g/mol. The van der Waals surface area contributed by atoms with E-state index in [-0.39, 0.29) is 17.5 Å². The van der Waals surface area contributed by atoms with E-state index in [1.807, 2.05) is 37.4 Å². The standard InChI is InChI=1S/C23H25N3O3/c1-3-26-12-4-5-21(26)25(2)22-18-13-16(15-6-9-17(27)10-7-15)8-11-20(18)24-14-19(22)23(28)29/h6-11,13-14,21,27H,3-5,12H2,1-2H3,(H,28,29). The van der Waals surface area contributed by atoms with Crippen molar-refractivity contribution in [2.24, 2.45) is 0 Å². The van der Waals surface area contributed by atoms with Crippen LogP contribution in [0.15, 0.2) is 48.7 Å². The number of aromatic carboxylic acids is 1. The molecule has 1 fully saturated rings. The second kappa shape index (κ2) is 7.72. The molecule has 3 aromatic rings. The highest BCUT2D eigenvalue weighted by atomic mass is 16.4. The van der Waals surface area contributed by atoms with Crippen molar-refractivity contribution in [2.75, 3.05) is 25.0 Å². The van der Waals surface area contributed by atoms with Crippen LogP contribution in [0.4, 0.5) is 5.69 Å². The number of aromatic nitrogens is 1. The van der Waals surface area contributed by atoms with Crippen molar-refractivity contribution in [3.05, 3.63) is 54.2 Å². The van der Waals surface area contributed by atoms with Gasteiger partial charge in [-0.25, -0.2) is 4.79 Å². The number of hydrogen-bond donors (Lipinski definition) is 2. The van der Waals surface area contributed by atoms with Crippen molar-refractivity contribution < 1.29 is 15.0 Å². The summed E-state index contributed by atoms with van der Waals surface area (Å²) >= 11 is 0. The Labute approximate surface area is 170 Å². The lowest BCUT2D eigenvalue weighted by Crippen LogP contribution is -2.43. The van der Waals surface area contributed by atoms with Crippen molar-refractivity contribution in [1.29, 1.82) is 0 Å². The number of pyridine rings is 1. The van der Waals surface area contributed by atoms with Crippen LogP contribution >= 0.6 is 0 Å². The van der Waals surface area contributed by atoms with Crippen LogP contribution < -0.4 is 4.90 Å². The minimum absolute atomic E-state index is 0.168. The fraction of sp³-hybridized carbons (Fsp3) is 0.304. The Balaban J connectivity index is 1.89. The molecule has 1 atom stereocenters. The van der Waals surface area contributed by atoms with Crippen LogP contribution in [0.3, 0.4) is 0 Å². The molecule has 1 aromatic heterocycles. The molecule has 0 saturated carbocycles. The third kappa shape index (κ3) is 3.51. The molecule has 0 radical (unpaired) electrons. The first-order chi connectivity index (χ1) is 14.0. The quantitative estimate of drug-likeness (QED) is 0.679. The van der Waals surface area contributed by atoms with Crippen molar-refractivity contribution in [2.45, 2.75) is 25.9 Å². The first-order valence-electron chi connectivity index (χ1n) is 9.92. The van der Waals surface area contributed by atoms with Crippen molar-refractivity contribution in [1.82, 2.24) is 9.88 Å². The predicted octanol–water partition coefficient (Wildman–Crippen LogP) is 4.18. The highest BCUT2D eigenvalue weighted by Crippen LogP contribution is 2.36. The second-order valence-electron chi connectivity index (χ2n) is 7.47. The molecule has 0 spiro atoms. The maximum Gasteiger partial charge on any atom is 0.339 e. The van der Waals surface area contributed by atoms with Gasteiger partial charge in [0.1, 0.15) is 11.3 Å². The summed E-state index contributed by atoms with van der Waals surface area (Å²) in [5.74, 6) is -0.761. The van der Waals surface area contributed by atoms with E-state index < -0.39 is 5.97 Å². The largest absolute Gasteiger partial charge is 0.508 e. The Morgan fingerprint density at radius 3 is 2.62 bits per heavy atom. The van der Waals surface area contributed by atoms with Gasteiger partial charge in [0, 0.05) is 25.2 Å². The molecule has 4 rings (SSSR count). The van der Waals surface area contributed by atoms with Gasteiger partial charge in [0.15, 0.2) is 0 Å². The number of likely N-dealkylation sites (tertiary alicyclic amines) is 1. The molecule has 150 valence electrons. The lowest BCUT2D eigenvalue weighted by atomic mass is 10.0. The maximum absolute atomic E-state index is 12.0. The molecule has 0 aliphatic carbocycles. The van der Waals surface area contributed by atoms with Crippen LogP contribution in [-0.4, -0.2) is 52.4 Å². The number of phenols is 1. The van der Waals surface area contributed by atoms with Crippen LogP contribution in [0.5, 0.6) is 5.75 Å². The van der Waals surface area contributed by atoms with Crippen LogP contribution in [0.2, 0.25) is 0 Å². The van der Waals surface area contributed by atoms with Gasteiger partial charge in [-0.05, 0) is 54.8 Å². The summed E-state index contributed by atoms with van der Waals surface area (Å²) in [4.78, 5) is 20.9. The number of carboxylic acids is 1. The Hall–Kier alpha value is -3.12. The lowest BCUT2D eigenvalue weighted by molar-refractivity contribution is 0.0697. The Kier molecular flexibility index (Phi) is 5.11. The number of rotatable bonds is 5. The zero-order valence-electron chi connectivity index (χ0n) is 16.7. The molecule has 2 heterocycles. The van der Waals surface area contributed by atoms with E-state index in [9.17, 15) is 15.0 Å². The number of hydrogen-bond acceptors (Lipinski definition) is 5. The van der Waals surface area contributed by atoms with E-state index in [1.165, 1.54) is 6.20 Å². The smallest absolute Gasteiger partial charge is 0.339 e.